The molecule has 2 aliphatic heterocycles. The molecule has 6 heteroatoms. The topological polar surface area (TPSA) is 57.8 Å². The maximum atomic E-state index is 13.2. The van der Waals surface area contributed by atoms with Crippen molar-refractivity contribution in [2.45, 2.75) is 12.8 Å². The quantitative estimate of drug-likeness (QED) is 0.897. The number of ether oxygens (including phenoxy) is 2. The molecule has 3 heterocycles. The van der Waals surface area contributed by atoms with Crippen molar-refractivity contribution in [3.05, 3.63) is 36.0 Å². The summed E-state index contributed by atoms with van der Waals surface area (Å²) in [6.07, 6.45) is 4.04. The number of carbonyl (C=O) groups is 1. The molecule has 2 saturated heterocycles. The van der Waals surface area contributed by atoms with Crippen LogP contribution in [0.1, 0.15) is 23.2 Å². The first-order valence-electron chi connectivity index (χ1n) is 9.85. The van der Waals surface area contributed by atoms with Gasteiger partial charge in [0.15, 0.2) is 0 Å². The minimum atomic E-state index is 0.0225. The van der Waals surface area contributed by atoms with E-state index in [0.29, 0.717) is 0 Å². The molecule has 6 nitrogen and oxygen atoms in total. The Labute approximate surface area is 160 Å². The summed E-state index contributed by atoms with van der Waals surface area (Å²) in [4.78, 5) is 20.8. The van der Waals surface area contributed by atoms with Crippen LogP contribution in [-0.2, 0) is 9.47 Å². The van der Waals surface area contributed by atoms with Gasteiger partial charge in [-0.2, -0.15) is 0 Å². The summed E-state index contributed by atoms with van der Waals surface area (Å²) < 4.78 is 11.2. The Morgan fingerprint density at radius 3 is 3.11 bits per heavy atom. The number of aromatic nitrogens is 1. The third-order valence-corrected chi connectivity index (χ3v) is 5.88. The number of hydrogen-bond donors (Lipinski definition) is 1. The Bertz CT molecular complexity index is 790. The monoisotopic (exact) mass is 371 g/mol. The average Bonchev–Trinajstić information content (AvgIpc) is 3.08. The first-order chi connectivity index (χ1) is 13.2. The van der Waals surface area contributed by atoms with E-state index in [9.17, 15) is 4.79 Å². The Balaban J connectivity index is 1.49. The fraction of sp³-hybridized carbons (Fsp3) is 0.571. The second kappa shape index (κ2) is 8.00. The number of likely N-dealkylation sites (tertiary alicyclic amines) is 1. The van der Waals surface area contributed by atoms with Crippen LogP contribution in [0.2, 0.25) is 0 Å². The first-order valence-corrected chi connectivity index (χ1v) is 9.85. The lowest BCUT2D eigenvalue weighted by atomic mass is 9.80. The summed E-state index contributed by atoms with van der Waals surface area (Å²) in [7, 11) is 1.74. The van der Waals surface area contributed by atoms with Crippen LogP contribution in [0.3, 0.4) is 0 Å². The van der Waals surface area contributed by atoms with E-state index in [2.05, 4.69) is 9.88 Å². The third-order valence-electron chi connectivity index (χ3n) is 5.88. The molecule has 4 rings (SSSR count). The van der Waals surface area contributed by atoms with Crippen molar-refractivity contribution in [3.63, 3.8) is 0 Å². The van der Waals surface area contributed by atoms with Crippen molar-refractivity contribution in [1.82, 2.24) is 14.8 Å². The van der Waals surface area contributed by atoms with E-state index in [-0.39, 0.29) is 11.3 Å². The number of fused-ring (bicyclic) bond motifs is 1. The van der Waals surface area contributed by atoms with Crippen molar-refractivity contribution in [1.29, 1.82) is 0 Å². The Morgan fingerprint density at radius 2 is 2.22 bits per heavy atom. The Hall–Kier alpha value is -1.89. The molecule has 0 saturated carbocycles. The predicted molar refractivity (Wildman–Crippen MR) is 105 cm³/mol. The van der Waals surface area contributed by atoms with Crippen LogP contribution in [0, 0.1) is 5.41 Å². The van der Waals surface area contributed by atoms with Crippen LogP contribution >= 0.6 is 0 Å². The van der Waals surface area contributed by atoms with E-state index in [1.807, 2.05) is 35.4 Å². The number of hydrogen-bond acceptors (Lipinski definition) is 4. The van der Waals surface area contributed by atoms with Gasteiger partial charge in [0, 0.05) is 62.5 Å². The highest BCUT2D eigenvalue weighted by Gasteiger charge is 2.40. The SMILES string of the molecule is COCCN1CCOCC2(CCCN(C(=O)c3ccc4cc[nH]c4c3)C2)C1. The van der Waals surface area contributed by atoms with Crippen molar-refractivity contribution in [3.8, 4) is 0 Å². The van der Waals surface area contributed by atoms with E-state index in [0.717, 1.165) is 81.9 Å². The molecule has 1 aromatic carbocycles. The minimum Gasteiger partial charge on any atom is -0.383 e. The van der Waals surface area contributed by atoms with E-state index < -0.39 is 0 Å². The van der Waals surface area contributed by atoms with E-state index in [4.69, 9.17) is 9.47 Å². The predicted octanol–water partition coefficient (Wildman–Crippen LogP) is 2.37. The molecule has 27 heavy (non-hydrogen) atoms. The lowest BCUT2D eigenvalue weighted by molar-refractivity contribution is 0.00621. The highest BCUT2D eigenvalue weighted by atomic mass is 16.5. The number of piperidine rings is 1. The van der Waals surface area contributed by atoms with Gasteiger partial charge in [-0.1, -0.05) is 6.07 Å². The smallest absolute Gasteiger partial charge is 0.253 e. The number of carbonyl (C=O) groups excluding carboxylic acids is 1. The molecule has 0 radical (unpaired) electrons. The number of amides is 1. The van der Waals surface area contributed by atoms with E-state index in [1.54, 1.807) is 7.11 Å². The zero-order chi connectivity index (χ0) is 18.7. The van der Waals surface area contributed by atoms with Crippen LogP contribution < -0.4 is 0 Å². The molecular formula is C21H29N3O3. The lowest BCUT2D eigenvalue weighted by Gasteiger charge is -2.43. The summed E-state index contributed by atoms with van der Waals surface area (Å²) in [5.41, 5.74) is 1.79. The Morgan fingerprint density at radius 1 is 1.30 bits per heavy atom. The normalized spacial score (nSPS) is 24.4. The highest BCUT2D eigenvalue weighted by Crippen LogP contribution is 2.33. The maximum Gasteiger partial charge on any atom is 0.253 e. The van der Waals surface area contributed by atoms with E-state index in [1.165, 1.54) is 0 Å². The molecule has 0 aliphatic carbocycles. The van der Waals surface area contributed by atoms with Gasteiger partial charge >= 0.3 is 0 Å². The molecule has 1 amide bonds. The van der Waals surface area contributed by atoms with Gasteiger partial charge in [-0.05, 0) is 36.4 Å². The van der Waals surface area contributed by atoms with Crippen molar-refractivity contribution in [2.75, 3.05) is 59.7 Å². The molecular weight excluding hydrogens is 342 g/mol. The molecule has 0 bridgehead atoms. The number of rotatable bonds is 4. The van der Waals surface area contributed by atoms with Crippen molar-refractivity contribution >= 4 is 16.8 Å². The molecule has 1 N–H and O–H groups in total. The summed E-state index contributed by atoms with van der Waals surface area (Å²) >= 11 is 0. The van der Waals surface area contributed by atoms with Gasteiger partial charge in [0.25, 0.3) is 5.91 Å². The minimum absolute atomic E-state index is 0.0225. The molecule has 146 valence electrons. The Kier molecular flexibility index (Phi) is 5.48. The number of nitrogens with zero attached hydrogens (tertiary/aromatic N) is 2. The summed E-state index contributed by atoms with van der Waals surface area (Å²) in [5, 5.41) is 1.13. The molecule has 1 spiro atoms. The highest BCUT2D eigenvalue weighted by molar-refractivity contribution is 5.98. The fourth-order valence-electron chi connectivity index (χ4n) is 4.48. The molecule has 2 fully saturated rings. The summed E-state index contributed by atoms with van der Waals surface area (Å²) in [6.45, 7) is 6.62. The number of benzene rings is 1. The van der Waals surface area contributed by atoms with Crippen molar-refractivity contribution in [2.24, 2.45) is 5.41 Å². The second-order valence-electron chi connectivity index (χ2n) is 7.93. The van der Waals surface area contributed by atoms with Crippen molar-refractivity contribution < 1.29 is 14.3 Å². The van der Waals surface area contributed by atoms with Gasteiger partial charge in [-0.25, -0.2) is 0 Å². The van der Waals surface area contributed by atoms with Gasteiger partial charge in [-0.3, -0.25) is 9.69 Å². The zero-order valence-electron chi connectivity index (χ0n) is 16.1. The molecule has 1 atom stereocenters. The summed E-state index contributed by atoms with van der Waals surface area (Å²) in [6, 6.07) is 7.94. The number of aromatic amines is 1. The van der Waals surface area contributed by atoms with Crippen LogP contribution in [0.5, 0.6) is 0 Å². The number of nitrogens with one attached hydrogen (secondary N) is 1. The summed E-state index contributed by atoms with van der Waals surface area (Å²) in [5.74, 6) is 0.123. The van der Waals surface area contributed by atoms with Gasteiger partial charge in [0.05, 0.1) is 19.8 Å². The van der Waals surface area contributed by atoms with Gasteiger partial charge < -0.3 is 19.4 Å². The standard InChI is InChI=1S/C21H29N3O3/c1-26-11-9-23-10-12-27-16-21(14-23)6-2-8-24(15-21)20(25)18-4-3-17-5-7-22-19(17)13-18/h3-5,7,13,22H,2,6,8-12,14-16H2,1H3. The lowest BCUT2D eigenvalue weighted by Crippen LogP contribution is -2.52. The first kappa shape index (κ1) is 18.5. The average molecular weight is 371 g/mol. The molecule has 2 aromatic rings. The third kappa shape index (κ3) is 4.03. The van der Waals surface area contributed by atoms with Gasteiger partial charge in [-0.15, -0.1) is 0 Å². The second-order valence-corrected chi connectivity index (χ2v) is 7.93. The van der Waals surface area contributed by atoms with Crippen LogP contribution in [0.4, 0.5) is 0 Å². The van der Waals surface area contributed by atoms with Gasteiger partial charge in [0.2, 0.25) is 0 Å². The fourth-order valence-corrected chi connectivity index (χ4v) is 4.48. The molecule has 1 aromatic heterocycles. The van der Waals surface area contributed by atoms with Crippen LogP contribution in [0.15, 0.2) is 30.5 Å². The van der Waals surface area contributed by atoms with Crippen LogP contribution in [-0.4, -0.2) is 80.3 Å². The van der Waals surface area contributed by atoms with Gasteiger partial charge in [0.1, 0.15) is 0 Å². The van der Waals surface area contributed by atoms with E-state index >= 15 is 0 Å². The largest absolute Gasteiger partial charge is 0.383 e. The molecule has 1 unspecified atom stereocenters. The maximum absolute atomic E-state index is 13.2. The zero-order valence-corrected chi connectivity index (χ0v) is 16.1. The van der Waals surface area contributed by atoms with Crippen LogP contribution in [0.25, 0.3) is 10.9 Å². The number of methoxy groups -OCH3 is 1. The molecule has 2 aliphatic rings. The number of H-pyrrole nitrogens is 1.